The van der Waals surface area contributed by atoms with E-state index in [4.69, 9.17) is 19.9 Å². The second-order valence-electron chi connectivity index (χ2n) is 22.8. The van der Waals surface area contributed by atoms with Crippen molar-refractivity contribution in [2.75, 3.05) is 0 Å². The molecule has 10 aromatic rings. The smallest absolute Gasteiger partial charge is 1.00 e. The van der Waals surface area contributed by atoms with E-state index in [1.54, 1.807) is 18.2 Å². The van der Waals surface area contributed by atoms with Gasteiger partial charge in [0.05, 0.1) is 37.5 Å². The number of rotatable bonds is 18. The molecule has 0 saturated heterocycles. The van der Waals surface area contributed by atoms with Crippen LogP contribution < -0.4 is 159 Å². The quantitative estimate of drug-likeness (QED) is 0.0258. The molecule has 0 spiro atoms. The Labute approximate surface area is 676 Å². The Morgan fingerprint density at radius 3 is 0.928 bits per heavy atom. The molecule has 2 aliphatic heterocycles. The van der Waals surface area contributed by atoms with Crippen molar-refractivity contribution >= 4 is 76.7 Å². The number of benzene rings is 3. The predicted octanol–water partition coefficient (Wildman–Crippen LogP) is -4.79. The van der Waals surface area contributed by atoms with Gasteiger partial charge in [0.1, 0.15) is 58.5 Å². The molecule has 0 atom stereocenters. The molecule has 17 nitrogen and oxygen atoms in total. The Bertz CT molecular complexity index is 4540. The Kier molecular flexibility index (Phi) is 31.6. The van der Waals surface area contributed by atoms with Gasteiger partial charge in [0.15, 0.2) is 49.6 Å². The van der Waals surface area contributed by atoms with E-state index < -0.39 is 30.4 Å². The van der Waals surface area contributed by atoms with E-state index in [1.807, 2.05) is 46.5 Å². The van der Waals surface area contributed by atoms with Crippen LogP contribution in [0.25, 0.3) is 90.9 Å². The van der Waals surface area contributed by atoms with Gasteiger partial charge >= 0.3 is 79.5 Å². The van der Waals surface area contributed by atoms with Gasteiger partial charge < -0.3 is 95.6 Å². The maximum atomic E-state index is 11.6. The molecule has 0 unspecified atom stereocenters. The molecule has 12 rings (SSSR count). The van der Waals surface area contributed by atoms with Crippen LogP contribution in [-0.2, 0) is 91.8 Å². The number of aromatic nitrogens is 8. The summed E-state index contributed by atoms with van der Waals surface area (Å²) in [6, 6.07) is 43.2. The van der Waals surface area contributed by atoms with Crippen LogP contribution in [0.4, 0.5) is 0 Å². The fourth-order valence-corrected chi connectivity index (χ4v) is 13.1. The van der Waals surface area contributed by atoms with Gasteiger partial charge in [0, 0.05) is 48.5 Å². The number of fused-ring (bicyclic) bond motifs is 8. The Balaban J connectivity index is 0.000000343. The van der Waals surface area contributed by atoms with Crippen LogP contribution in [0.15, 0.2) is 210 Å². The van der Waals surface area contributed by atoms with Gasteiger partial charge in [-0.15, -0.1) is 22.1 Å². The number of unbranched alkanes of at least 4 members (excludes halogenated alkanes) is 2. The number of halogens is 3. The number of pyridine rings is 4. The first kappa shape index (κ1) is 83.1. The molecule has 3 aromatic carbocycles. The predicted molar refractivity (Wildman–Crippen MR) is 344 cm³/mol. The Morgan fingerprint density at radius 1 is 0.381 bits per heavy atom. The zero-order chi connectivity index (χ0) is 64.0. The third-order valence-electron chi connectivity index (χ3n) is 16.2. The average molecular weight is 1800 g/mol. The standard InChI is InChI=1S/C44H36N8.C27H32O9S3.3HI.2Na.Pd/c1-49-21-13-29(14-22-49)41-33-5-7-35(45-33)42(30-15-23-50(2)24-16-30)37-9-11-39(47-37)44(32-19-27-52(4)28-20-32)40-12-10-38(48-40)43(36-8-6-34(41)46-36)31-17-25-51(3)26-18-31;28-37(29,30)25-15-5-10-21(18-25)8-1-3-12-23(24-14-7-17-27(20-24)39(34,35)36)13-4-2-9-22-11-6-16-26(19-22)38(31,32)33;;;;;;/h5-28H,1-4H3;5-7,10-11,14-20,23H,1-4,8-9,12-13H2,(H,28,29,30)(H,31,32,33)(H,34,35,36);3*1H;;;/q+2;;;;;2*+1;+2/p-6. The van der Waals surface area contributed by atoms with E-state index in [2.05, 4.69) is 147 Å². The minimum atomic E-state index is -4.61. The zero-order valence-corrected chi connectivity index (χ0v) is 68.4. The van der Waals surface area contributed by atoms with Crippen LogP contribution >= 0.6 is 0 Å². The second kappa shape index (κ2) is 36.9. The number of hydrogen-bond donors (Lipinski definition) is 0. The number of hydrogen-bond acceptors (Lipinski definition) is 11. The molecular weight excluding hydrogens is 1740 g/mol. The van der Waals surface area contributed by atoms with E-state index in [0.717, 1.165) is 119 Å². The van der Waals surface area contributed by atoms with Crippen LogP contribution in [0.2, 0.25) is 0 Å². The monoisotopic (exact) mass is 1800 g/mol. The van der Waals surface area contributed by atoms with Gasteiger partial charge in [-0.1, -0.05) is 73.5 Å². The van der Waals surface area contributed by atoms with Crippen LogP contribution in [-0.4, -0.2) is 48.9 Å². The summed E-state index contributed by atoms with van der Waals surface area (Å²) < 4.78 is 110. The number of aryl methyl sites for hydroxylation is 6. The fraction of sp³-hybridized carbons (Fsp3) is 0.183. The molecule has 0 radical (unpaired) electrons. The summed E-state index contributed by atoms with van der Waals surface area (Å²) in [5, 5.41) is 0. The van der Waals surface area contributed by atoms with Gasteiger partial charge in [0.2, 0.25) is 0 Å². The summed E-state index contributed by atoms with van der Waals surface area (Å²) >= 11 is 0. The zero-order valence-electron chi connectivity index (χ0n) is 53.9. The van der Waals surface area contributed by atoms with Crippen molar-refractivity contribution in [3.8, 4) is 44.5 Å². The normalized spacial score (nSPS) is 11.5. The van der Waals surface area contributed by atoms with Gasteiger partial charge in [-0.25, -0.2) is 53.5 Å². The molecule has 0 N–H and O–H groups in total. The van der Waals surface area contributed by atoms with Crippen molar-refractivity contribution in [2.45, 2.75) is 72.0 Å². The van der Waals surface area contributed by atoms with Crippen molar-refractivity contribution in [2.24, 2.45) is 28.2 Å². The van der Waals surface area contributed by atoms with Crippen molar-refractivity contribution < 1.29 is 209 Å². The molecule has 8 bridgehead atoms. The summed E-state index contributed by atoms with van der Waals surface area (Å²) in [5.74, 6) is -0.0478. The molecule has 0 saturated carbocycles. The molecule has 494 valence electrons. The maximum absolute atomic E-state index is 11.6. The van der Waals surface area contributed by atoms with Crippen molar-refractivity contribution in [1.82, 2.24) is 19.9 Å². The third kappa shape index (κ3) is 21.3. The van der Waals surface area contributed by atoms with E-state index in [0.29, 0.717) is 38.5 Å². The molecule has 9 heterocycles. The molecule has 97 heavy (non-hydrogen) atoms. The maximum Gasteiger partial charge on any atom is 2.00 e. The van der Waals surface area contributed by atoms with Gasteiger partial charge in [-0.2, -0.15) is 0 Å². The summed E-state index contributed by atoms with van der Waals surface area (Å²) in [4.78, 5) is 20.6. The largest absolute Gasteiger partial charge is 2.00 e. The van der Waals surface area contributed by atoms with Crippen LogP contribution in [0.1, 0.15) is 83.9 Å². The van der Waals surface area contributed by atoms with E-state index >= 15 is 0 Å². The molecule has 0 fully saturated rings. The van der Waals surface area contributed by atoms with Crippen molar-refractivity contribution in [3.63, 3.8) is 0 Å². The Hall–Kier alpha value is -4.56. The second-order valence-corrected chi connectivity index (χ2v) is 26.9. The Morgan fingerprint density at radius 2 is 0.649 bits per heavy atom. The molecule has 2 aliphatic rings. The van der Waals surface area contributed by atoms with Crippen LogP contribution in [0.5, 0.6) is 0 Å². The van der Waals surface area contributed by atoms with Crippen molar-refractivity contribution in [1.29, 1.82) is 0 Å². The first-order valence-corrected chi connectivity index (χ1v) is 33.9. The molecule has 0 amide bonds. The first-order chi connectivity index (χ1) is 43.6. The molecule has 0 aliphatic carbocycles. The SMILES string of the molecule is C[n+]1ccc(-c2c3nc(c(-c4cc[n+](C)cc4)c4ccc([n-]4)c(-c4cc[n+](C)cc4)c4nc(c(-c5cc[n+](C)cc5)c5ccc2[n-]5)C=C4)C=C3)cc1.O=S(=O)([O-])c1cccc(CCCCC(CCCCc2cccc(S(=O)(=O)[O-])c2)c2cccc(S(=O)(=O)[O-])c2)c1.[I-].[I-].[I-].[Na+].[Na+].[Pd+2]. The minimum Gasteiger partial charge on any atom is -1.00 e. The van der Waals surface area contributed by atoms with E-state index in [1.165, 1.54) is 54.6 Å². The summed E-state index contributed by atoms with van der Waals surface area (Å²) in [6.07, 6.45) is 30.2. The molecule has 26 heteroatoms. The number of nitrogens with zero attached hydrogens (tertiary/aromatic N) is 8. The molecule has 7 aromatic heterocycles. The summed E-state index contributed by atoms with van der Waals surface area (Å²) in [5.41, 5.74) is 16.9. The van der Waals surface area contributed by atoms with E-state index in [9.17, 15) is 38.9 Å². The topological polar surface area (TPSA) is 241 Å². The summed E-state index contributed by atoms with van der Waals surface area (Å²) in [6.45, 7) is 0. The van der Waals surface area contributed by atoms with Crippen LogP contribution in [0, 0.1) is 0 Å². The summed E-state index contributed by atoms with van der Waals surface area (Å²) in [7, 11) is -5.58. The van der Waals surface area contributed by atoms with Gasteiger partial charge in [0.25, 0.3) is 0 Å². The molecular formula is C71H65I3N8Na2O9PdS3. The van der Waals surface area contributed by atoms with Gasteiger partial charge in [-0.05, 0) is 166 Å². The van der Waals surface area contributed by atoms with E-state index in [-0.39, 0.29) is 172 Å². The van der Waals surface area contributed by atoms with Crippen LogP contribution in [0.3, 0.4) is 0 Å². The average Bonchev–Trinajstić information content (AvgIpc) is 1.63. The minimum absolute atomic E-state index is 0. The third-order valence-corrected chi connectivity index (χ3v) is 18.7. The van der Waals surface area contributed by atoms with Gasteiger partial charge in [-0.3, -0.25) is 0 Å². The fourth-order valence-electron chi connectivity index (χ4n) is 11.5. The first-order valence-electron chi connectivity index (χ1n) is 29.7. The van der Waals surface area contributed by atoms with Crippen molar-refractivity contribution in [3.05, 3.63) is 235 Å².